The van der Waals surface area contributed by atoms with Crippen LogP contribution >= 0.6 is 0 Å². The lowest BCUT2D eigenvalue weighted by Gasteiger charge is -2.25. The van der Waals surface area contributed by atoms with E-state index >= 15 is 0 Å². The van der Waals surface area contributed by atoms with Crippen LogP contribution in [0.15, 0.2) is 0 Å². The van der Waals surface area contributed by atoms with E-state index in [0.29, 0.717) is 6.54 Å². The number of ether oxygens (including phenoxy) is 1. The summed E-state index contributed by atoms with van der Waals surface area (Å²) < 4.78 is 5.03. The van der Waals surface area contributed by atoms with Gasteiger partial charge in [0.1, 0.15) is 0 Å². The third-order valence-corrected chi connectivity index (χ3v) is 2.03. The van der Waals surface area contributed by atoms with Crippen LogP contribution in [0.5, 0.6) is 0 Å². The van der Waals surface area contributed by atoms with Crippen molar-refractivity contribution in [2.75, 3.05) is 26.8 Å². The number of hydrogen-bond acceptors (Lipinski definition) is 3. The molecule has 0 amide bonds. The van der Waals surface area contributed by atoms with Gasteiger partial charge in [0.25, 0.3) is 0 Å². The van der Waals surface area contributed by atoms with E-state index in [-0.39, 0.29) is 11.5 Å². The van der Waals surface area contributed by atoms with Gasteiger partial charge in [0.2, 0.25) is 0 Å². The van der Waals surface area contributed by atoms with Gasteiger partial charge in [0.15, 0.2) is 0 Å². The average Bonchev–Trinajstić information content (AvgIpc) is 2.00. The Balaban J connectivity index is 3.50. The Morgan fingerprint density at radius 1 is 1.46 bits per heavy atom. The lowest BCUT2D eigenvalue weighted by Crippen LogP contribution is -2.34. The third-order valence-electron chi connectivity index (χ3n) is 2.03. The second-order valence-corrected chi connectivity index (χ2v) is 4.39. The van der Waals surface area contributed by atoms with Crippen molar-refractivity contribution in [2.45, 2.75) is 33.3 Å². The van der Waals surface area contributed by atoms with Gasteiger partial charge in [-0.1, -0.05) is 13.8 Å². The zero-order valence-corrected chi connectivity index (χ0v) is 9.26. The van der Waals surface area contributed by atoms with Crippen molar-refractivity contribution < 1.29 is 9.84 Å². The molecule has 0 aromatic heterocycles. The molecule has 0 aliphatic rings. The Labute approximate surface area is 81.5 Å². The van der Waals surface area contributed by atoms with Gasteiger partial charge in [-0.25, -0.2) is 0 Å². The van der Waals surface area contributed by atoms with Crippen molar-refractivity contribution in [3.8, 4) is 0 Å². The SMILES string of the molecule is COCCC(C)(C)CNCC(C)O. The van der Waals surface area contributed by atoms with E-state index in [0.717, 1.165) is 19.6 Å². The van der Waals surface area contributed by atoms with Crippen molar-refractivity contribution in [3.63, 3.8) is 0 Å². The lowest BCUT2D eigenvalue weighted by molar-refractivity contribution is 0.144. The quantitative estimate of drug-likeness (QED) is 0.628. The molecule has 0 rings (SSSR count). The van der Waals surface area contributed by atoms with Gasteiger partial charge in [0.05, 0.1) is 6.10 Å². The van der Waals surface area contributed by atoms with Crippen molar-refractivity contribution in [3.05, 3.63) is 0 Å². The number of rotatable bonds is 7. The molecule has 0 bridgehead atoms. The van der Waals surface area contributed by atoms with Crippen LogP contribution in [0, 0.1) is 5.41 Å². The summed E-state index contributed by atoms with van der Waals surface area (Å²) in [6.07, 6.45) is 0.772. The molecule has 0 fully saturated rings. The largest absolute Gasteiger partial charge is 0.392 e. The molecule has 0 saturated carbocycles. The summed E-state index contributed by atoms with van der Waals surface area (Å²) in [6, 6.07) is 0. The van der Waals surface area contributed by atoms with Gasteiger partial charge < -0.3 is 15.2 Å². The Morgan fingerprint density at radius 2 is 2.08 bits per heavy atom. The Kier molecular flexibility index (Phi) is 6.29. The molecular formula is C10H23NO2. The van der Waals surface area contributed by atoms with E-state index in [1.54, 1.807) is 14.0 Å². The number of hydrogen-bond donors (Lipinski definition) is 2. The molecule has 0 radical (unpaired) electrons. The summed E-state index contributed by atoms with van der Waals surface area (Å²) in [4.78, 5) is 0. The molecule has 1 unspecified atom stereocenters. The predicted octanol–water partition coefficient (Wildman–Crippen LogP) is 1.02. The fourth-order valence-corrected chi connectivity index (χ4v) is 1.09. The number of aliphatic hydroxyl groups is 1. The Bertz CT molecular complexity index is 124. The van der Waals surface area contributed by atoms with Crippen molar-refractivity contribution >= 4 is 0 Å². The first-order valence-electron chi connectivity index (χ1n) is 4.85. The first-order valence-corrected chi connectivity index (χ1v) is 4.85. The number of nitrogens with one attached hydrogen (secondary N) is 1. The molecule has 3 nitrogen and oxygen atoms in total. The van der Waals surface area contributed by atoms with Crippen LogP contribution in [0.1, 0.15) is 27.2 Å². The van der Waals surface area contributed by atoms with Gasteiger partial charge in [-0.15, -0.1) is 0 Å². The normalized spacial score (nSPS) is 14.5. The van der Waals surface area contributed by atoms with E-state index in [2.05, 4.69) is 19.2 Å². The molecule has 13 heavy (non-hydrogen) atoms. The van der Waals surface area contributed by atoms with Crippen LogP contribution < -0.4 is 5.32 Å². The van der Waals surface area contributed by atoms with Gasteiger partial charge in [-0.3, -0.25) is 0 Å². The van der Waals surface area contributed by atoms with E-state index in [1.165, 1.54) is 0 Å². The number of methoxy groups -OCH3 is 1. The van der Waals surface area contributed by atoms with E-state index in [4.69, 9.17) is 9.84 Å². The highest BCUT2D eigenvalue weighted by Gasteiger charge is 2.16. The van der Waals surface area contributed by atoms with E-state index in [9.17, 15) is 0 Å². The van der Waals surface area contributed by atoms with Crippen LogP contribution in [-0.2, 0) is 4.74 Å². The summed E-state index contributed by atoms with van der Waals surface area (Å²) in [5.74, 6) is 0. The summed E-state index contributed by atoms with van der Waals surface area (Å²) in [7, 11) is 1.72. The van der Waals surface area contributed by atoms with Gasteiger partial charge >= 0.3 is 0 Å². The zero-order chi connectivity index (χ0) is 10.3. The lowest BCUT2D eigenvalue weighted by atomic mass is 9.90. The molecule has 0 aliphatic carbocycles. The molecule has 0 saturated heterocycles. The molecule has 0 spiro atoms. The predicted molar refractivity (Wildman–Crippen MR) is 54.8 cm³/mol. The highest BCUT2D eigenvalue weighted by molar-refractivity contribution is 4.71. The van der Waals surface area contributed by atoms with Crippen LogP contribution in [0.25, 0.3) is 0 Å². The van der Waals surface area contributed by atoms with Crippen LogP contribution in [-0.4, -0.2) is 38.0 Å². The molecule has 80 valence electrons. The van der Waals surface area contributed by atoms with Crippen molar-refractivity contribution in [1.82, 2.24) is 5.32 Å². The molecule has 0 aromatic rings. The van der Waals surface area contributed by atoms with Crippen LogP contribution in [0.2, 0.25) is 0 Å². The highest BCUT2D eigenvalue weighted by Crippen LogP contribution is 2.18. The third kappa shape index (κ3) is 8.22. The standard InChI is InChI=1S/C10H23NO2/c1-9(12)7-11-8-10(2,3)5-6-13-4/h9,11-12H,5-8H2,1-4H3. The first-order chi connectivity index (χ1) is 5.98. The molecular weight excluding hydrogens is 166 g/mol. The van der Waals surface area contributed by atoms with E-state index in [1.807, 2.05) is 0 Å². The summed E-state index contributed by atoms with van der Waals surface area (Å²) in [5.41, 5.74) is 0.241. The second kappa shape index (κ2) is 6.35. The highest BCUT2D eigenvalue weighted by atomic mass is 16.5. The molecule has 1 atom stereocenters. The minimum absolute atomic E-state index is 0.241. The maximum absolute atomic E-state index is 9.04. The Hall–Kier alpha value is -0.120. The molecule has 0 aromatic carbocycles. The summed E-state index contributed by atoms with van der Waals surface area (Å²) in [5, 5.41) is 12.3. The zero-order valence-electron chi connectivity index (χ0n) is 9.26. The summed E-state index contributed by atoms with van der Waals surface area (Å²) in [6.45, 7) is 8.55. The van der Waals surface area contributed by atoms with E-state index < -0.39 is 0 Å². The van der Waals surface area contributed by atoms with Gasteiger partial charge in [0, 0.05) is 26.8 Å². The maximum Gasteiger partial charge on any atom is 0.0636 e. The van der Waals surface area contributed by atoms with Gasteiger partial charge in [-0.05, 0) is 18.8 Å². The molecule has 3 heteroatoms. The Morgan fingerprint density at radius 3 is 2.54 bits per heavy atom. The monoisotopic (exact) mass is 189 g/mol. The van der Waals surface area contributed by atoms with Crippen molar-refractivity contribution in [1.29, 1.82) is 0 Å². The summed E-state index contributed by atoms with van der Waals surface area (Å²) >= 11 is 0. The fraction of sp³-hybridized carbons (Fsp3) is 1.00. The topological polar surface area (TPSA) is 41.5 Å². The second-order valence-electron chi connectivity index (χ2n) is 4.39. The fourth-order valence-electron chi connectivity index (χ4n) is 1.09. The molecule has 0 aliphatic heterocycles. The van der Waals surface area contributed by atoms with Crippen LogP contribution in [0.3, 0.4) is 0 Å². The first kappa shape index (κ1) is 12.9. The van der Waals surface area contributed by atoms with Crippen LogP contribution in [0.4, 0.5) is 0 Å². The number of aliphatic hydroxyl groups excluding tert-OH is 1. The smallest absolute Gasteiger partial charge is 0.0636 e. The maximum atomic E-state index is 9.04. The minimum Gasteiger partial charge on any atom is -0.392 e. The molecule has 2 N–H and O–H groups in total. The minimum atomic E-state index is -0.266. The average molecular weight is 189 g/mol. The van der Waals surface area contributed by atoms with Gasteiger partial charge in [-0.2, -0.15) is 0 Å². The molecule has 0 heterocycles. The van der Waals surface area contributed by atoms with Crippen molar-refractivity contribution in [2.24, 2.45) is 5.41 Å².